The van der Waals surface area contributed by atoms with Crippen LogP contribution in [-0.4, -0.2) is 29.1 Å². The Bertz CT molecular complexity index is 329. The van der Waals surface area contributed by atoms with Crippen molar-refractivity contribution in [3.05, 3.63) is 35.9 Å². The van der Waals surface area contributed by atoms with Crippen molar-refractivity contribution in [2.45, 2.75) is 12.5 Å². The van der Waals surface area contributed by atoms with Crippen molar-refractivity contribution in [2.24, 2.45) is 11.6 Å². The number of ether oxygens (including phenoxy) is 1. The highest BCUT2D eigenvalue weighted by Gasteiger charge is 2.11. The van der Waals surface area contributed by atoms with Gasteiger partial charge in [0.15, 0.2) is 0 Å². The van der Waals surface area contributed by atoms with Crippen LogP contribution in [0.25, 0.3) is 0 Å². The van der Waals surface area contributed by atoms with Crippen LogP contribution in [0.15, 0.2) is 30.3 Å². The summed E-state index contributed by atoms with van der Waals surface area (Å²) in [6, 6.07) is 9.26. The zero-order valence-corrected chi connectivity index (χ0v) is 8.74. The number of nitrogens with zero attached hydrogens (tertiary/aromatic N) is 1. The second kappa shape index (κ2) is 6.06. The molecule has 0 aliphatic heterocycles. The van der Waals surface area contributed by atoms with Gasteiger partial charge in [-0.05, 0) is 12.0 Å². The van der Waals surface area contributed by atoms with Crippen molar-refractivity contribution in [1.29, 1.82) is 0 Å². The lowest BCUT2D eigenvalue weighted by atomic mass is 10.1. The number of hydrogen-bond donors (Lipinski definition) is 3. The van der Waals surface area contributed by atoms with Crippen LogP contribution in [0.5, 0.6) is 0 Å². The van der Waals surface area contributed by atoms with Crippen LogP contribution in [0.2, 0.25) is 0 Å². The van der Waals surface area contributed by atoms with E-state index in [-0.39, 0.29) is 17.8 Å². The normalized spacial score (nSPS) is 11.9. The van der Waals surface area contributed by atoms with E-state index in [1.165, 1.54) is 0 Å². The molecule has 0 bridgehead atoms. The zero-order chi connectivity index (χ0) is 12.0. The van der Waals surface area contributed by atoms with Crippen LogP contribution >= 0.6 is 0 Å². The van der Waals surface area contributed by atoms with Crippen LogP contribution < -0.4 is 11.6 Å². The largest absolute Gasteiger partial charge is 0.449 e. The fourth-order valence-electron chi connectivity index (χ4n) is 1.22. The Balaban J connectivity index is 2.31. The highest BCUT2D eigenvalue weighted by molar-refractivity contribution is 5.65. The van der Waals surface area contributed by atoms with Gasteiger partial charge in [-0.2, -0.15) is 0 Å². The van der Waals surface area contributed by atoms with E-state index in [0.29, 0.717) is 6.42 Å². The van der Waals surface area contributed by atoms with Crippen molar-refractivity contribution >= 4 is 6.09 Å². The Kier molecular flexibility index (Phi) is 4.71. The van der Waals surface area contributed by atoms with Crippen molar-refractivity contribution in [2.75, 3.05) is 6.61 Å². The summed E-state index contributed by atoms with van der Waals surface area (Å²) in [6.07, 6.45) is -0.437. The smallest absolute Gasteiger partial charge is 0.445 e. The third-order valence-corrected chi connectivity index (χ3v) is 1.95. The average Bonchev–Trinajstić information content (AvgIpc) is 2.27. The molecule has 88 valence electrons. The first-order valence-corrected chi connectivity index (χ1v) is 4.79. The number of hydrogen-bond acceptors (Lipinski definition) is 5. The lowest BCUT2D eigenvalue weighted by molar-refractivity contribution is -0.0766. The van der Waals surface area contributed by atoms with Gasteiger partial charge in [0.05, 0.1) is 0 Å². The molecule has 1 rings (SSSR count). The molecule has 1 aromatic carbocycles. The molecule has 1 atom stereocenters. The fourth-order valence-corrected chi connectivity index (χ4v) is 1.22. The first-order chi connectivity index (χ1) is 7.59. The lowest BCUT2D eigenvalue weighted by Gasteiger charge is -2.13. The van der Waals surface area contributed by atoms with Crippen LogP contribution in [-0.2, 0) is 11.2 Å². The molecule has 0 fully saturated rings. The quantitative estimate of drug-likeness (QED) is 0.295. The number of nitrogens with two attached hydrogens (primary N) is 2. The summed E-state index contributed by atoms with van der Waals surface area (Å²) in [5, 5.41) is 8.40. The average molecular weight is 225 g/mol. The Hall–Kier alpha value is -1.63. The minimum Gasteiger partial charge on any atom is -0.445 e. The Morgan fingerprint density at radius 3 is 2.62 bits per heavy atom. The fraction of sp³-hybridized carbons (Fsp3) is 0.300. The zero-order valence-electron chi connectivity index (χ0n) is 8.74. The van der Waals surface area contributed by atoms with E-state index in [2.05, 4.69) is 4.74 Å². The van der Waals surface area contributed by atoms with Crippen molar-refractivity contribution in [3.8, 4) is 0 Å². The van der Waals surface area contributed by atoms with E-state index in [0.717, 1.165) is 5.56 Å². The minimum atomic E-state index is -1.02. The van der Waals surface area contributed by atoms with Gasteiger partial charge >= 0.3 is 6.09 Å². The minimum absolute atomic E-state index is 0.00197. The third kappa shape index (κ3) is 4.26. The molecule has 5 N–H and O–H groups in total. The van der Waals surface area contributed by atoms with Crippen LogP contribution in [0.4, 0.5) is 4.79 Å². The number of amides is 1. The van der Waals surface area contributed by atoms with E-state index >= 15 is 0 Å². The van der Waals surface area contributed by atoms with Crippen molar-refractivity contribution in [3.63, 3.8) is 0 Å². The molecule has 6 nitrogen and oxygen atoms in total. The van der Waals surface area contributed by atoms with E-state index in [1.807, 2.05) is 30.3 Å². The maximum absolute atomic E-state index is 10.8. The molecule has 16 heavy (non-hydrogen) atoms. The Morgan fingerprint density at radius 1 is 1.44 bits per heavy atom. The standard InChI is InChI=1S/C10H15N3O3/c11-9(7-16-10(14)13(12)15)6-8-4-2-1-3-5-8/h1-5,9,15H,6-7,11-12H2/t9-/m1/s1. The summed E-state index contributed by atoms with van der Waals surface area (Å²) in [6.45, 7) is 0.00197. The van der Waals surface area contributed by atoms with Crippen molar-refractivity contribution in [1.82, 2.24) is 5.17 Å². The number of carbonyl (C=O) groups excluding carboxylic acids is 1. The van der Waals surface area contributed by atoms with E-state index in [1.54, 1.807) is 0 Å². The van der Waals surface area contributed by atoms with Gasteiger partial charge in [0.2, 0.25) is 0 Å². The van der Waals surface area contributed by atoms with Crippen LogP contribution in [0.1, 0.15) is 5.56 Å². The predicted octanol–water partition coefficient (Wildman–Crippen LogP) is 0.258. The molecule has 6 heteroatoms. The SMILES string of the molecule is N[C@@H](COC(=O)N(N)O)Cc1ccccc1. The van der Waals surface area contributed by atoms with E-state index in [9.17, 15) is 4.79 Å². The summed E-state index contributed by atoms with van der Waals surface area (Å²) < 4.78 is 4.62. The van der Waals surface area contributed by atoms with E-state index < -0.39 is 6.09 Å². The molecule has 0 aromatic heterocycles. The third-order valence-electron chi connectivity index (χ3n) is 1.95. The van der Waals surface area contributed by atoms with Gasteiger partial charge in [0.25, 0.3) is 0 Å². The summed E-state index contributed by atoms with van der Waals surface area (Å²) >= 11 is 0. The van der Waals surface area contributed by atoms with Gasteiger partial charge in [-0.25, -0.2) is 10.6 Å². The van der Waals surface area contributed by atoms with E-state index in [4.69, 9.17) is 16.8 Å². The Morgan fingerprint density at radius 2 is 2.06 bits per heavy atom. The highest BCUT2D eigenvalue weighted by Crippen LogP contribution is 2.02. The number of hydrazine groups is 1. The molecule has 0 spiro atoms. The summed E-state index contributed by atoms with van der Waals surface area (Å²) in [5.41, 5.74) is 6.79. The number of rotatable bonds is 4. The maximum atomic E-state index is 10.8. The molecular weight excluding hydrogens is 210 g/mol. The second-order valence-electron chi connectivity index (χ2n) is 3.37. The lowest BCUT2D eigenvalue weighted by Crippen LogP contribution is -2.38. The molecule has 0 aliphatic rings. The first kappa shape index (κ1) is 12.4. The predicted molar refractivity (Wildman–Crippen MR) is 57.3 cm³/mol. The molecule has 1 aromatic rings. The van der Waals surface area contributed by atoms with Gasteiger partial charge < -0.3 is 10.5 Å². The first-order valence-electron chi connectivity index (χ1n) is 4.79. The Labute approximate surface area is 93.3 Å². The molecule has 0 aliphatic carbocycles. The molecule has 0 unspecified atom stereocenters. The molecular formula is C10H15N3O3. The second-order valence-corrected chi connectivity index (χ2v) is 3.37. The summed E-state index contributed by atoms with van der Waals surface area (Å²) in [5.74, 6) is 4.75. The topological polar surface area (TPSA) is 102 Å². The maximum Gasteiger partial charge on any atom is 0.449 e. The molecule has 0 heterocycles. The highest BCUT2D eigenvalue weighted by atomic mass is 16.6. The number of carbonyl (C=O) groups is 1. The van der Waals surface area contributed by atoms with Crippen LogP contribution in [0.3, 0.4) is 0 Å². The van der Waals surface area contributed by atoms with Crippen LogP contribution in [0, 0.1) is 0 Å². The van der Waals surface area contributed by atoms with Gasteiger partial charge in [-0.15, -0.1) is 5.17 Å². The monoisotopic (exact) mass is 225 g/mol. The molecule has 1 amide bonds. The summed E-state index contributed by atoms with van der Waals surface area (Å²) in [4.78, 5) is 10.8. The molecule has 0 radical (unpaired) electrons. The van der Waals surface area contributed by atoms with Gasteiger partial charge in [-0.1, -0.05) is 30.3 Å². The molecule has 0 saturated heterocycles. The number of benzene rings is 1. The van der Waals surface area contributed by atoms with Gasteiger partial charge in [0.1, 0.15) is 6.61 Å². The summed E-state index contributed by atoms with van der Waals surface area (Å²) in [7, 11) is 0. The molecule has 0 saturated carbocycles. The van der Waals surface area contributed by atoms with Gasteiger partial charge in [-0.3, -0.25) is 5.21 Å². The van der Waals surface area contributed by atoms with Gasteiger partial charge in [0, 0.05) is 6.04 Å². The number of hydroxylamine groups is 1. The van der Waals surface area contributed by atoms with Crippen molar-refractivity contribution < 1.29 is 14.7 Å².